The van der Waals surface area contributed by atoms with Crippen LogP contribution in [0.4, 0.5) is 0 Å². The first-order valence-corrected chi connectivity index (χ1v) is 11.5. The second-order valence-electron chi connectivity index (χ2n) is 6.89. The van der Waals surface area contributed by atoms with Crippen molar-refractivity contribution in [2.24, 2.45) is 0 Å². The van der Waals surface area contributed by atoms with Gasteiger partial charge in [-0.05, 0) is 43.3 Å². The second-order valence-corrected chi connectivity index (χ2v) is 11.2. The third kappa shape index (κ3) is 5.70. The normalized spacial score (nSPS) is 17.6. The molecule has 0 unspecified atom stereocenters. The van der Waals surface area contributed by atoms with Gasteiger partial charge in [0.2, 0.25) is 8.32 Å². The van der Waals surface area contributed by atoms with E-state index in [0.717, 1.165) is 22.7 Å². The Kier molecular flexibility index (Phi) is 9.08. The molecule has 0 aliphatic carbocycles. The van der Waals surface area contributed by atoms with E-state index in [1.54, 1.807) is 0 Å². The van der Waals surface area contributed by atoms with Crippen LogP contribution >= 0.6 is 11.6 Å². The van der Waals surface area contributed by atoms with Crippen molar-refractivity contribution in [2.45, 2.75) is 45.2 Å². The fourth-order valence-corrected chi connectivity index (χ4v) is 7.70. The molecule has 1 aromatic rings. The lowest BCUT2D eigenvalue weighted by Crippen LogP contribution is -3.00. The average Bonchev–Trinajstić information content (AvgIpc) is 2.56. The van der Waals surface area contributed by atoms with Crippen LogP contribution in [0.3, 0.4) is 0 Å². The first-order valence-electron chi connectivity index (χ1n) is 8.77. The monoisotopic (exact) mass is 467 g/mol. The Morgan fingerprint density at radius 1 is 1.04 bits per heavy atom. The first-order chi connectivity index (χ1) is 10.5. The Morgan fingerprint density at radius 2 is 1.61 bits per heavy atom. The second kappa shape index (κ2) is 9.75. The summed E-state index contributed by atoms with van der Waals surface area (Å²) in [6.07, 6.45) is 4.01. The number of nitrogens with zero attached hydrogens (tertiary/aromatic N) is 1. The van der Waals surface area contributed by atoms with Gasteiger partial charge in [0.05, 0.1) is 26.7 Å². The van der Waals surface area contributed by atoms with Crippen LogP contribution < -0.4 is 29.2 Å². The van der Waals surface area contributed by atoms with Gasteiger partial charge in [-0.3, -0.25) is 0 Å². The minimum absolute atomic E-state index is 0. The van der Waals surface area contributed by atoms with Gasteiger partial charge < -0.3 is 32.9 Å². The summed E-state index contributed by atoms with van der Waals surface area (Å²) in [4.78, 5) is 0. The van der Waals surface area contributed by atoms with Crippen LogP contribution in [-0.4, -0.2) is 46.1 Å². The van der Waals surface area contributed by atoms with Crippen molar-refractivity contribution in [3.63, 3.8) is 0 Å². The van der Waals surface area contributed by atoms with Crippen molar-refractivity contribution in [3.05, 3.63) is 29.3 Å². The molecule has 0 atom stereocenters. The van der Waals surface area contributed by atoms with E-state index in [2.05, 4.69) is 33.0 Å². The van der Waals surface area contributed by atoms with Crippen LogP contribution in [0.15, 0.2) is 24.3 Å². The predicted molar refractivity (Wildman–Crippen MR) is 98.4 cm³/mol. The summed E-state index contributed by atoms with van der Waals surface area (Å²) in [5.41, 5.74) is 0. The summed E-state index contributed by atoms with van der Waals surface area (Å²) in [7, 11) is 0.558. The first kappa shape index (κ1) is 21.4. The minimum Gasteiger partial charge on any atom is -1.00 e. The van der Waals surface area contributed by atoms with E-state index >= 15 is 0 Å². The largest absolute Gasteiger partial charge is 1.00 e. The Hall–Kier alpha value is 0.377. The van der Waals surface area contributed by atoms with Gasteiger partial charge in [-0.15, -0.1) is 0 Å². The summed E-state index contributed by atoms with van der Waals surface area (Å²) in [5, 5.41) is 2.27. The molecular formula is C18H31ClINOSi. The van der Waals surface area contributed by atoms with Gasteiger partial charge in [-0.25, -0.2) is 0 Å². The molecule has 1 fully saturated rings. The lowest BCUT2D eigenvalue weighted by molar-refractivity contribution is -0.906. The number of benzene rings is 1. The molecule has 1 heterocycles. The molecule has 0 radical (unpaired) electrons. The zero-order chi connectivity index (χ0) is 16.1. The number of hydrogen-bond acceptors (Lipinski definition) is 1. The Bertz CT molecular complexity index is 459. The highest BCUT2D eigenvalue weighted by atomic mass is 127. The maximum atomic E-state index is 6.68. The van der Waals surface area contributed by atoms with E-state index < -0.39 is 8.32 Å². The smallest absolute Gasteiger partial charge is 0.224 e. The van der Waals surface area contributed by atoms with Crippen molar-refractivity contribution in [2.75, 3.05) is 33.3 Å². The van der Waals surface area contributed by atoms with Crippen LogP contribution in [-0.2, 0) is 4.43 Å². The molecular weight excluding hydrogens is 437 g/mol. The lowest BCUT2D eigenvalue weighted by atomic mass is 10.3. The fraction of sp³-hybridized carbons (Fsp3) is 0.667. The molecule has 0 aromatic heterocycles. The van der Waals surface area contributed by atoms with Crippen LogP contribution in [0.5, 0.6) is 0 Å². The molecule has 23 heavy (non-hydrogen) atoms. The molecule has 5 heteroatoms. The highest BCUT2D eigenvalue weighted by Crippen LogP contribution is 2.29. The Morgan fingerprint density at radius 3 is 2.13 bits per heavy atom. The predicted octanol–water partition coefficient (Wildman–Crippen LogP) is 1.18. The molecule has 1 aliphatic rings. The highest BCUT2D eigenvalue weighted by molar-refractivity contribution is 6.86. The summed E-state index contributed by atoms with van der Waals surface area (Å²) in [6, 6.07) is 11.0. The van der Waals surface area contributed by atoms with Crippen LogP contribution in [0.1, 0.15) is 33.1 Å². The van der Waals surface area contributed by atoms with E-state index in [0.29, 0.717) is 0 Å². The summed E-state index contributed by atoms with van der Waals surface area (Å²) >= 11 is 6.07. The Balaban J connectivity index is 0.00000264. The third-order valence-electron chi connectivity index (χ3n) is 5.57. The van der Waals surface area contributed by atoms with Gasteiger partial charge in [0.15, 0.2) is 0 Å². The fourth-order valence-electron chi connectivity index (χ4n) is 3.39. The van der Waals surface area contributed by atoms with E-state index in [9.17, 15) is 0 Å². The van der Waals surface area contributed by atoms with Crippen LogP contribution in [0, 0.1) is 0 Å². The number of likely N-dealkylation sites (N-methyl/N-ethyl adjacent to an activating group) is 1. The molecule has 1 saturated heterocycles. The standard InChI is InChI=1S/C18H31ClNOSi.HI/c1-4-20(3,5-2)13-14-21-22(15-7-6-8-16-22)18-11-9-17(19)10-12-18;/h9-12H,4-8,13-16H2,1-3H3;1H/q+1;/p-1. The van der Waals surface area contributed by atoms with Crippen molar-refractivity contribution in [1.29, 1.82) is 0 Å². The molecule has 2 nitrogen and oxygen atoms in total. The van der Waals surface area contributed by atoms with Gasteiger partial charge in [0, 0.05) is 5.02 Å². The number of quaternary nitrogens is 1. The van der Waals surface area contributed by atoms with E-state index in [1.807, 2.05) is 12.1 Å². The summed E-state index contributed by atoms with van der Waals surface area (Å²) in [6.45, 7) is 8.92. The molecule has 1 aromatic carbocycles. The van der Waals surface area contributed by atoms with Crippen LogP contribution in [0.25, 0.3) is 0 Å². The van der Waals surface area contributed by atoms with Gasteiger partial charge >= 0.3 is 0 Å². The summed E-state index contributed by atoms with van der Waals surface area (Å²) < 4.78 is 7.78. The Labute approximate surface area is 165 Å². The number of hydrogen-bond donors (Lipinski definition) is 0. The van der Waals surface area contributed by atoms with E-state index in [-0.39, 0.29) is 24.0 Å². The molecule has 0 bridgehead atoms. The molecule has 0 saturated carbocycles. The zero-order valence-electron chi connectivity index (χ0n) is 14.8. The van der Waals surface area contributed by atoms with Gasteiger partial charge in [0.25, 0.3) is 0 Å². The molecule has 0 spiro atoms. The van der Waals surface area contributed by atoms with Gasteiger partial charge in [0.1, 0.15) is 6.54 Å². The number of halogens is 2. The van der Waals surface area contributed by atoms with Crippen molar-refractivity contribution >= 4 is 25.1 Å². The summed E-state index contributed by atoms with van der Waals surface area (Å²) in [5.74, 6) is 0. The van der Waals surface area contributed by atoms with E-state index in [1.165, 1.54) is 49.6 Å². The van der Waals surface area contributed by atoms with Crippen molar-refractivity contribution < 1.29 is 32.9 Å². The third-order valence-corrected chi connectivity index (χ3v) is 10.3. The maximum absolute atomic E-state index is 6.68. The minimum atomic E-state index is -1.78. The number of rotatable bonds is 7. The van der Waals surface area contributed by atoms with Gasteiger partial charge in [-0.2, -0.15) is 0 Å². The quantitative estimate of drug-likeness (QED) is 0.332. The molecule has 2 rings (SSSR count). The van der Waals surface area contributed by atoms with E-state index in [4.69, 9.17) is 16.0 Å². The lowest BCUT2D eigenvalue weighted by Gasteiger charge is -2.38. The van der Waals surface area contributed by atoms with Crippen molar-refractivity contribution in [1.82, 2.24) is 0 Å². The molecule has 1 aliphatic heterocycles. The molecule has 0 N–H and O–H groups in total. The zero-order valence-corrected chi connectivity index (χ0v) is 18.7. The topological polar surface area (TPSA) is 9.23 Å². The highest BCUT2D eigenvalue weighted by Gasteiger charge is 2.39. The maximum Gasteiger partial charge on any atom is 0.224 e. The van der Waals surface area contributed by atoms with Crippen molar-refractivity contribution in [3.8, 4) is 0 Å². The van der Waals surface area contributed by atoms with Gasteiger partial charge in [-0.1, -0.05) is 43.0 Å². The van der Waals surface area contributed by atoms with Crippen LogP contribution in [0.2, 0.25) is 17.1 Å². The average molecular weight is 468 g/mol. The SMILES string of the molecule is CC[N+](C)(CC)CCO[Si]1(c2ccc(Cl)cc2)CCCCC1.[I-]. The molecule has 132 valence electrons. The molecule has 0 amide bonds.